The lowest BCUT2D eigenvalue weighted by atomic mass is 9.96. The van der Waals surface area contributed by atoms with E-state index in [4.69, 9.17) is 0 Å². The minimum absolute atomic E-state index is 0.218. The molecule has 0 saturated heterocycles. The van der Waals surface area contributed by atoms with E-state index in [1.54, 1.807) is 61.6 Å². The van der Waals surface area contributed by atoms with Gasteiger partial charge in [-0.1, -0.05) is 48.5 Å². The van der Waals surface area contributed by atoms with Crippen molar-refractivity contribution in [3.63, 3.8) is 0 Å². The third-order valence-corrected chi connectivity index (χ3v) is 5.02. The Labute approximate surface area is 155 Å². The fourth-order valence-corrected chi connectivity index (χ4v) is 3.59. The van der Waals surface area contributed by atoms with Crippen molar-refractivity contribution in [2.45, 2.75) is 6.04 Å². The second-order valence-corrected chi connectivity index (χ2v) is 6.56. The van der Waals surface area contributed by atoms with Crippen LogP contribution in [-0.4, -0.2) is 19.2 Å². The average Bonchev–Trinajstić information content (AvgIpc) is 2.79. The first-order chi connectivity index (χ1) is 13.0. The highest BCUT2D eigenvalue weighted by Crippen LogP contribution is 2.43. The summed E-state index contributed by atoms with van der Waals surface area (Å²) < 4.78 is 28.7. The number of fused-ring (bicyclic) bond motifs is 1. The van der Waals surface area contributed by atoms with Gasteiger partial charge in [0.2, 0.25) is 0 Å². The number of benzene rings is 3. The minimum atomic E-state index is -0.682. The lowest BCUT2D eigenvalue weighted by Gasteiger charge is -2.30. The molecule has 0 fully saturated rings. The summed E-state index contributed by atoms with van der Waals surface area (Å²) in [4.78, 5) is 17.5. The van der Waals surface area contributed by atoms with Crippen LogP contribution in [0.2, 0.25) is 0 Å². The normalized spacial score (nSPS) is 21.6. The maximum Gasteiger partial charge on any atom is 0.366 e. The highest BCUT2D eigenvalue weighted by molar-refractivity contribution is 6.32. The van der Waals surface area contributed by atoms with E-state index in [0.717, 1.165) is 0 Å². The number of rotatable bonds is 2. The van der Waals surface area contributed by atoms with Crippen LogP contribution in [0.3, 0.4) is 0 Å². The van der Waals surface area contributed by atoms with Crippen molar-refractivity contribution in [2.75, 3.05) is 7.05 Å². The van der Waals surface area contributed by atoms with Gasteiger partial charge in [-0.3, -0.25) is 4.99 Å². The van der Waals surface area contributed by atoms with Gasteiger partial charge in [0.25, 0.3) is 0 Å². The molecule has 1 aliphatic heterocycles. The van der Waals surface area contributed by atoms with Crippen molar-refractivity contribution >= 4 is 23.5 Å². The fraction of sp³-hybridized carbons (Fsp3) is 0.0909. The lowest BCUT2D eigenvalue weighted by molar-refractivity contribution is -0.119. The van der Waals surface area contributed by atoms with Crippen LogP contribution in [0.15, 0.2) is 77.8 Å². The molecule has 0 aliphatic carbocycles. The molecule has 2 unspecified atom stereocenters. The summed E-state index contributed by atoms with van der Waals surface area (Å²) in [5.74, 6) is -1.28. The summed E-state index contributed by atoms with van der Waals surface area (Å²) in [6, 6.07) is 19.0. The molecule has 1 heterocycles. The van der Waals surface area contributed by atoms with E-state index in [-0.39, 0.29) is 5.69 Å². The number of aliphatic imine (C=N–C) groups is 1. The number of hydrogen-bond acceptors (Lipinski definition) is 2. The smallest absolute Gasteiger partial charge is 0.270 e. The van der Waals surface area contributed by atoms with Crippen LogP contribution in [0.25, 0.3) is 0 Å². The zero-order valence-electron chi connectivity index (χ0n) is 14.6. The van der Waals surface area contributed by atoms with Gasteiger partial charge in [-0.25, -0.2) is 13.6 Å². The Kier molecular flexibility index (Phi) is 4.16. The number of para-hydroxylation sites is 2. The largest absolute Gasteiger partial charge is 0.366 e. The monoisotopic (exact) mass is 363 g/mol. The third kappa shape index (κ3) is 2.67. The zero-order valence-corrected chi connectivity index (χ0v) is 14.6. The molecule has 5 heteroatoms. The number of carbonyl (C=O) groups excluding carboxylic acids is 1. The van der Waals surface area contributed by atoms with Crippen LogP contribution in [0, 0.1) is 11.6 Å². The second kappa shape index (κ2) is 6.52. The molecule has 134 valence electrons. The molecule has 27 heavy (non-hydrogen) atoms. The maximum atomic E-state index is 14.6. The zero-order chi connectivity index (χ0) is 19.0. The van der Waals surface area contributed by atoms with Crippen LogP contribution in [0.4, 0.5) is 20.2 Å². The molecule has 3 aromatic rings. The van der Waals surface area contributed by atoms with Crippen LogP contribution in [0.1, 0.15) is 17.2 Å². The van der Waals surface area contributed by atoms with Crippen LogP contribution in [-0.2, 0) is 4.79 Å². The SMILES string of the molecule is C[N+]1(c2ccccc2F)C(=O)C=NC(c2ccccc2F)c2ccccc21. The molecular weight excluding hydrogens is 346 g/mol. The Morgan fingerprint density at radius 2 is 1.33 bits per heavy atom. The number of hydrogen-bond donors (Lipinski definition) is 0. The molecule has 0 bridgehead atoms. The summed E-state index contributed by atoms with van der Waals surface area (Å²) >= 11 is 0. The van der Waals surface area contributed by atoms with E-state index in [1.807, 2.05) is 6.07 Å². The summed E-state index contributed by atoms with van der Waals surface area (Å²) in [6.07, 6.45) is 1.18. The number of quaternary nitrogens is 1. The number of amides is 1. The standard InChI is InChI=1S/C22H17F2N2O/c1-26(20-13-7-5-11-18(20)24)19-12-6-3-9-16(19)22(25-14-21(26)27)15-8-2-4-10-17(15)23/h2-14,22H,1H3/q+1. The van der Waals surface area contributed by atoms with E-state index in [9.17, 15) is 13.6 Å². The molecule has 4 rings (SSSR count). The van der Waals surface area contributed by atoms with Crippen molar-refractivity contribution in [1.29, 1.82) is 0 Å². The van der Waals surface area contributed by atoms with Crippen LogP contribution < -0.4 is 4.48 Å². The molecule has 3 nitrogen and oxygen atoms in total. The van der Waals surface area contributed by atoms with Crippen molar-refractivity contribution in [2.24, 2.45) is 4.99 Å². The van der Waals surface area contributed by atoms with Crippen molar-refractivity contribution in [3.05, 3.63) is 95.6 Å². The Bertz CT molecular complexity index is 1060. The van der Waals surface area contributed by atoms with Gasteiger partial charge in [-0.05, 0) is 12.1 Å². The molecule has 1 amide bonds. The first kappa shape index (κ1) is 17.2. The van der Waals surface area contributed by atoms with Crippen molar-refractivity contribution in [3.8, 4) is 0 Å². The minimum Gasteiger partial charge on any atom is -0.270 e. The Morgan fingerprint density at radius 3 is 2.00 bits per heavy atom. The first-order valence-corrected chi connectivity index (χ1v) is 8.56. The Hall–Kier alpha value is -3.18. The topological polar surface area (TPSA) is 29.4 Å². The van der Waals surface area contributed by atoms with E-state index in [0.29, 0.717) is 16.8 Å². The van der Waals surface area contributed by atoms with Gasteiger partial charge in [0.05, 0.1) is 7.05 Å². The first-order valence-electron chi connectivity index (χ1n) is 8.56. The van der Waals surface area contributed by atoms with Gasteiger partial charge >= 0.3 is 5.91 Å². The van der Waals surface area contributed by atoms with E-state index in [2.05, 4.69) is 4.99 Å². The second-order valence-electron chi connectivity index (χ2n) is 6.56. The molecule has 0 saturated carbocycles. The molecule has 1 aliphatic rings. The van der Waals surface area contributed by atoms with Crippen molar-refractivity contribution in [1.82, 2.24) is 4.48 Å². The van der Waals surface area contributed by atoms with E-state index >= 15 is 0 Å². The molecule has 0 aromatic heterocycles. The maximum absolute atomic E-state index is 14.6. The summed E-state index contributed by atoms with van der Waals surface area (Å²) in [6.45, 7) is 0. The quantitative estimate of drug-likeness (QED) is 0.594. The third-order valence-electron chi connectivity index (χ3n) is 5.02. The fourth-order valence-electron chi connectivity index (χ4n) is 3.59. The molecule has 0 N–H and O–H groups in total. The summed E-state index contributed by atoms with van der Waals surface area (Å²) in [5, 5.41) is 0. The molecule has 0 radical (unpaired) electrons. The van der Waals surface area contributed by atoms with Crippen LogP contribution in [0.5, 0.6) is 0 Å². The van der Waals surface area contributed by atoms with Gasteiger partial charge in [-0.2, -0.15) is 4.48 Å². The number of carbonyl (C=O) groups is 1. The molecule has 2 atom stereocenters. The number of halogens is 2. The molecular formula is C22H17F2N2O+. The highest BCUT2D eigenvalue weighted by Gasteiger charge is 2.43. The molecule has 3 aromatic carbocycles. The van der Waals surface area contributed by atoms with Gasteiger partial charge in [0.1, 0.15) is 18.1 Å². The van der Waals surface area contributed by atoms with Gasteiger partial charge in [-0.15, -0.1) is 0 Å². The molecule has 0 spiro atoms. The van der Waals surface area contributed by atoms with Gasteiger partial charge < -0.3 is 0 Å². The predicted octanol–water partition coefficient (Wildman–Crippen LogP) is 4.93. The summed E-state index contributed by atoms with van der Waals surface area (Å²) in [5.41, 5.74) is 1.82. The predicted molar refractivity (Wildman–Crippen MR) is 102 cm³/mol. The van der Waals surface area contributed by atoms with E-state index in [1.165, 1.54) is 18.3 Å². The van der Waals surface area contributed by atoms with Gasteiger partial charge in [0.15, 0.2) is 17.2 Å². The number of nitrogens with zero attached hydrogens (tertiary/aromatic N) is 2. The average molecular weight is 363 g/mol. The summed E-state index contributed by atoms with van der Waals surface area (Å²) in [7, 11) is 1.63. The van der Waals surface area contributed by atoms with Crippen LogP contribution >= 0.6 is 0 Å². The highest BCUT2D eigenvalue weighted by atomic mass is 19.1. The van der Waals surface area contributed by atoms with E-state index < -0.39 is 28.1 Å². The Balaban J connectivity index is 2.00. The Morgan fingerprint density at radius 1 is 0.778 bits per heavy atom. The van der Waals surface area contributed by atoms with Crippen molar-refractivity contribution < 1.29 is 13.6 Å². The van der Waals surface area contributed by atoms with Gasteiger partial charge in [0, 0.05) is 23.3 Å². The lowest BCUT2D eigenvalue weighted by Crippen LogP contribution is -2.47.